The highest BCUT2D eigenvalue weighted by Crippen LogP contribution is 2.21. The average molecular weight is 299 g/mol. The molecule has 1 N–H and O–H groups in total. The summed E-state index contributed by atoms with van der Waals surface area (Å²) < 4.78 is 31.5. The second-order valence-electron chi connectivity index (χ2n) is 4.17. The van der Waals surface area contributed by atoms with Crippen molar-refractivity contribution in [2.75, 3.05) is 25.6 Å². The summed E-state index contributed by atoms with van der Waals surface area (Å²) >= 11 is 5.66. The fourth-order valence-corrected chi connectivity index (χ4v) is 3.45. The van der Waals surface area contributed by atoms with E-state index < -0.39 is 16.3 Å². The second-order valence-corrected chi connectivity index (χ2v) is 6.22. The van der Waals surface area contributed by atoms with Crippen LogP contribution in [0.5, 0.6) is 0 Å². The van der Waals surface area contributed by atoms with E-state index in [0.717, 1.165) is 19.3 Å². The van der Waals surface area contributed by atoms with E-state index >= 15 is 0 Å². The second kappa shape index (κ2) is 7.16. The Morgan fingerprint density at radius 1 is 1.56 bits per heavy atom. The zero-order valence-electron chi connectivity index (χ0n) is 10.4. The largest absolute Gasteiger partial charge is 0.449 e. The summed E-state index contributed by atoms with van der Waals surface area (Å²) in [5.74, 6) is 0.777. The molecule has 6 nitrogen and oxygen atoms in total. The first-order chi connectivity index (χ1) is 8.49. The van der Waals surface area contributed by atoms with Gasteiger partial charge in [0.25, 0.3) is 0 Å². The summed E-state index contributed by atoms with van der Waals surface area (Å²) in [6.45, 7) is 2.58. The van der Waals surface area contributed by atoms with E-state index in [-0.39, 0.29) is 12.5 Å². The van der Waals surface area contributed by atoms with Crippen LogP contribution >= 0.6 is 11.6 Å². The van der Waals surface area contributed by atoms with Crippen molar-refractivity contribution in [3.05, 3.63) is 0 Å². The van der Waals surface area contributed by atoms with Crippen LogP contribution in [0.3, 0.4) is 0 Å². The van der Waals surface area contributed by atoms with Gasteiger partial charge in [0.05, 0.1) is 6.61 Å². The summed E-state index contributed by atoms with van der Waals surface area (Å²) in [6, 6.07) is 0. The molecule has 1 aliphatic rings. The van der Waals surface area contributed by atoms with Gasteiger partial charge >= 0.3 is 16.3 Å². The van der Waals surface area contributed by atoms with Crippen molar-refractivity contribution in [1.29, 1.82) is 0 Å². The van der Waals surface area contributed by atoms with Gasteiger partial charge in [-0.3, -0.25) is 0 Å². The van der Waals surface area contributed by atoms with E-state index in [1.807, 2.05) is 4.72 Å². The average Bonchev–Trinajstić information content (AvgIpc) is 2.29. The van der Waals surface area contributed by atoms with Gasteiger partial charge in [0.1, 0.15) is 0 Å². The third-order valence-corrected chi connectivity index (χ3v) is 4.48. The molecule has 0 radical (unpaired) electrons. The molecule has 0 saturated carbocycles. The molecule has 0 aromatic rings. The normalized spacial score (nSPS) is 21.6. The van der Waals surface area contributed by atoms with Crippen LogP contribution in [-0.2, 0) is 14.9 Å². The minimum Gasteiger partial charge on any atom is -0.449 e. The number of halogens is 1. The Bertz CT molecular complexity index is 372. The number of hydrogen-bond donors (Lipinski definition) is 1. The minimum absolute atomic E-state index is 0.135. The fraction of sp³-hybridized carbons (Fsp3) is 0.900. The standard InChI is InChI=1S/C10H19ClN2O4S/c1-2-17-10(14)12-18(15,16)13-7-3-4-9(8-13)5-6-11/h9H,2-8H2,1H3,(H,12,14). The molecule has 106 valence electrons. The van der Waals surface area contributed by atoms with Gasteiger partial charge in [0.15, 0.2) is 0 Å². The van der Waals surface area contributed by atoms with Gasteiger partial charge < -0.3 is 4.74 Å². The molecule has 1 atom stereocenters. The van der Waals surface area contributed by atoms with E-state index in [1.54, 1.807) is 6.92 Å². The summed E-state index contributed by atoms with van der Waals surface area (Å²) in [5, 5.41) is 0. The van der Waals surface area contributed by atoms with Crippen LogP contribution < -0.4 is 4.72 Å². The third kappa shape index (κ3) is 4.62. The van der Waals surface area contributed by atoms with Crippen molar-refractivity contribution < 1.29 is 17.9 Å². The number of carbonyl (C=O) groups is 1. The predicted molar refractivity (Wildman–Crippen MR) is 68.7 cm³/mol. The molecule has 1 rings (SSSR count). The number of nitrogens with zero attached hydrogens (tertiary/aromatic N) is 1. The van der Waals surface area contributed by atoms with Gasteiger partial charge in [0.2, 0.25) is 0 Å². The van der Waals surface area contributed by atoms with Crippen molar-refractivity contribution in [2.45, 2.75) is 26.2 Å². The Balaban J connectivity index is 2.58. The van der Waals surface area contributed by atoms with Crippen molar-refractivity contribution in [2.24, 2.45) is 5.92 Å². The molecule has 0 bridgehead atoms. The van der Waals surface area contributed by atoms with Crippen LogP contribution in [-0.4, -0.2) is 44.4 Å². The molecule has 1 heterocycles. The number of amides is 1. The molecule has 0 aromatic carbocycles. The molecule has 8 heteroatoms. The van der Waals surface area contributed by atoms with Crippen molar-refractivity contribution in [3.8, 4) is 0 Å². The predicted octanol–water partition coefficient (Wildman–Crippen LogP) is 1.32. The maximum atomic E-state index is 11.9. The SMILES string of the molecule is CCOC(=O)NS(=O)(=O)N1CCCC(CCCl)C1. The highest BCUT2D eigenvalue weighted by molar-refractivity contribution is 7.87. The van der Waals surface area contributed by atoms with E-state index in [9.17, 15) is 13.2 Å². The van der Waals surface area contributed by atoms with E-state index in [2.05, 4.69) is 4.74 Å². The van der Waals surface area contributed by atoms with Gasteiger partial charge in [-0.05, 0) is 32.1 Å². The molecular weight excluding hydrogens is 280 g/mol. The monoisotopic (exact) mass is 298 g/mol. The van der Waals surface area contributed by atoms with Gasteiger partial charge in [-0.2, -0.15) is 12.7 Å². The van der Waals surface area contributed by atoms with Gasteiger partial charge in [-0.1, -0.05) is 0 Å². The first-order valence-corrected chi connectivity index (χ1v) is 7.97. The number of hydrogen-bond acceptors (Lipinski definition) is 4. The van der Waals surface area contributed by atoms with Crippen LogP contribution in [0.2, 0.25) is 0 Å². The number of piperidine rings is 1. The third-order valence-electron chi connectivity index (χ3n) is 2.83. The minimum atomic E-state index is -3.79. The van der Waals surface area contributed by atoms with Gasteiger partial charge in [-0.15, -0.1) is 11.6 Å². The molecular formula is C10H19ClN2O4S. The van der Waals surface area contributed by atoms with Crippen LogP contribution in [0, 0.1) is 5.92 Å². The lowest BCUT2D eigenvalue weighted by Crippen LogP contribution is -2.48. The summed E-state index contributed by atoms with van der Waals surface area (Å²) in [7, 11) is -3.79. The zero-order valence-corrected chi connectivity index (χ0v) is 12.0. The van der Waals surface area contributed by atoms with Crippen molar-refractivity contribution in [1.82, 2.24) is 9.03 Å². The molecule has 1 aliphatic heterocycles. The maximum absolute atomic E-state index is 11.9. The molecule has 1 unspecified atom stereocenters. The zero-order chi connectivity index (χ0) is 13.6. The van der Waals surface area contributed by atoms with Crippen LogP contribution in [0.4, 0.5) is 4.79 Å². The summed E-state index contributed by atoms with van der Waals surface area (Å²) in [6.07, 6.45) is 1.60. The van der Waals surface area contributed by atoms with Crippen molar-refractivity contribution >= 4 is 27.9 Å². The van der Waals surface area contributed by atoms with E-state index in [1.165, 1.54) is 4.31 Å². The Hall–Kier alpha value is -0.530. The molecule has 1 fully saturated rings. The Morgan fingerprint density at radius 2 is 2.28 bits per heavy atom. The molecule has 1 amide bonds. The Labute approximate surface area is 113 Å². The number of carbonyl (C=O) groups excluding carboxylic acids is 1. The van der Waals surface area contributed by atoms with Gasteiger partial charge in [0, 0.05) is 19.0 Å². The van der Waals surface area contributed by atoms with Crippen molar-refractivity contribution in [3.63, 3.8) is 0 Å². The van der Waals surface area contributed by atoms with Crippen LogP contribution in [0.1, 0.15) is 26.2 Å². The molecule has 0 spiro atoms. The fourth-order valence-electron chi connectivity index (χ4n) is 1.97. The molecule has 0 aromatic heterocycles. The highest BCUT2D eigenvalue weighted by atomic mass is 35.5. The lowest BCUT2D eigenvalue weighted by atomic mass is 9.97. The smallest absolute Gasteiger partial charge is 0.421 e. The quantitative estimate of drug-likeness (QED) is 0.777. The number of rotatable bonds is 5. The van der Waals surface area contributed by atoms with Gasteiger partial charge in [-0.25, -0.2) is 9.52 Å². The van der Waals surface area contributed by atoms with E-state index in [0.29, 0.717) is 19.0 Å². The summed E-state index contributed by atoms with van der Waals surface area (Å²) in [4.78, 5) is 11.1. The molecule has 1 saturated heterocycles. The van der Waals surface area contributed by atoms with Crippen LogP contribution in [0.25, 0.3) is 0 Å². The number of alkyl halides is 1. The Kier molecular flexibility index (Phi) is 6.17. The Morgan fingerprint density at radius 3 is 2.89 bits per heavy atom. The maximum Gasteiger partial charge on any atom is 0.421 e. The van der Waals surface area contributed by atoms with E-state index in [4.69, 9.17) is 11.6 Å². The molecule has 0 aliphatic carbocycles. The topological polar surface area (TPSA) is 75.7 Å². The van der Waals surface area contributed by atoms with Crippen LogP contribution in [0.15, 0.2) is 0 Å². The number of nitrogens with one attached hydrogen (secondary N) is 1. The molecule has 18 heavy (non-hydrogen) atoms. The lowest BCUT2D eigenvalue weighted by Gasteiger charge is -2.31. The highest BCUT2D eigenvalue weighted by Gasteiger charge is 2.30. The number of ether oxygens (including phenoxy) is 1. The first-order valence-electron chi connectivity index (χ1n) is 6.00. The lowest BCUT2D eigenvalue weighted by molar-refractivity contribution is 0.157. The summed E-state index contributed by atoms with van der Waals surface area (Å²) in [5.41, 5.74) is 0. The first kappa shape index (κ1) is 15.5.